The molecule has 2 heterocycles. The van der Waals surface area contributed by atoms with Crippen molar-refractivity contribution < 1.29 is 14.3 Å². The highest BCUT2D eigenvalue weighted by Gasteiger charge is 2.40. The molecule has 0 saturated carbocycles. The van der Waals surface area contributed by atoms with Crippen molar-refractivity contribution >= 4 is 46.0 Å². The molecule has 0 radical (unpaired) electrons. The van der Waals surface area contributed by atoms with Crippen LogP contribution < -0.4 is 15.4 Å². The Morgan fingerprint density at radius 3 is 2.49 bits per heavy atom. The number of anilines is 1. The van der Waals surface area contributed by atoms with Gasteiger partial charge in [-0.2, -0.15) is 0 Å². The van der Waals surface area contributed by atoms with Gasteiger partial charge >= 0.3 is 0 Å². The Morgan fingerprint density at radius 2 is 1.74 bits per heavy atom. The summed E-state index contributed by atoms with van der Waals surface area (Å²) in [6.07, 6.45) is 0.142. The third-order valence-corrected chi connectivity index (χ3v) is 7.60. The number of aliphatic imine (C=N–C) groups is 1. The van der Waals surface area contributed by atoms with Crippen molar-refractivity contribution in [2.45, 2.75) is 25.9 Å². The van der Waals surface area contributed by atoms with Crippen molar-refractivity contribution in [2.24, 2.45) is 4.99 Å². The average Bonchev–Trinajstić information content (AvgIpc) is 3.34. The number of carbonyl (C=O) groups excluding carboxylic acids is 2. The number of halogens is 1. The predicted octanol–water partition coefficient (Wildman–Crippen LogP) is 6.27. The number of para-hydroxylation sites is 2. The Hall–Kier alpha value is -4.01. The van der Waals surface area contributed by atoms with Crippen LogP contribution in [-0.2, 0) is 16.1 Å². The number of benzene rings is 3. The molecule has 3 aromatic carbocycles. The summed E-state index contributed by atoms with van der Waals surface area (Å²) in [5, 5.41) is 9.23. The van der Waals surface area contributed by atoms with E-state index in [0.717, 1.165) is 16.8 Å². The summed E-state index contributed by atoms with van der Waals surface area (Å²) in [6.45, 7) is 2.27. The van der Waals surface area contributed by atoms with Crippen LogP contribution in [0.4, 0.5) is 5.69 Å². The summed E-state index contributed by atoms with van der Waals surface area (Å²) >= 11 is 7.64. The molecule has 0 saturated heterocycles. The van der Waals surface area contributed by atoms with E-state index >= 15 is 0 Å². The van der Waals surface area contributed by atoms with Crippen molar-refractivity contribution in [1.29, 1.82) is 0 Å². The summed E-state index contributed by atoms with van der Waals surface area (Å²) in [6, 6.07) is 23.9. The molecular formula is C30H27ClN4O3S. The monoisotopic (exact) mass is 558 g/mol. The highest BCUT2D eigenvalue weighted by Crippen LogP contribution is 2.45. The minimum Gasteiger partial charge on any atom is -0.495 e. The molecule has 1 atom stereocenters. The standard InChI is InChI=1S/C30H27ClN4O3S/c1-19-27(29(37)34-24-10-6-7-11-25(24)38-2)28(21-12-14-22(31)15-13-21)35-23(18-39-30(35)33-19)16-26(36)32-17-20-8-4-3-5-9-20/h3-15,18,28H,16-17H2,1-2H3,(H,32,36)(H,34,37). The maximum Gasteiger partial charge on any atom is 0.256 e. The number of amidine groups is 1. The molecule has 39 heavy (non-hydrogen) atoms. The molecular weight excluding hydrogens is 532 g/mol. The Kier molecular flexibility index (Phi) is 8.05. The first kappa shape index (κ1) is 26.6. The first-order valence-corrected chi connectivity index (χ1v) is 13.6. The zero-order chi connectivity index (χ0) is 27.4. The van der Waals surface area contributed by atoms with Crippen LogP contribution in [0, 0.1) is 0 Å². The van der Waals surface area contributed by atoms with E-state index in [1.54, 1.807) is 31.4 Å². The van der Waals surface area contributed by atoms with E-state index in [2.05, 4.69) is 10.6 Å². The lowest BCUT2D eigenvalue weighted by Gasteiger charge is -2.36. The van der Waals surface area contributed by atoms with Crippen molar-refractivity contribution in [1.82, 2.24) is 10.2 Å². The number of carbonyl (C=O) groups is 2. The molecule has 0 spiro atoms. The largest absolute Gasteiger partial charge is 0.495 e. The number of hydrogen-bond acceptors (Lipinski definition) is 6. The van der Waals surface area contributed by atoms with Gasteiger partial charge in [-0.25, -0.2) is 4.99 Å². The van der Waals surface area contributed by atoms with E-state index in [4.69, 9.17) is 21.3 Å². The summed E-state index contributed by atoms with van der Waals surface area (Å²) in [7, 11) is 1.56. The summed E-state index contributed by atoms with van der Waals surface area (Å²) < 4.78 is 5.43. The first-order chi connectivity index (χ1) is 18.9. The lowest BCUT2D eigenvalue weighted by atomic mass is 9.93. The number of allylic oxidation sites excluding steroid dienone is 1. The van der Waals surface area contributed by atoms with Crippen LogP contribution in [0.3, 0.4) is 0 Å². The lowest BCUT2D eigenvalue weighted by Crippen LogP contribution is -2.38. The number of amides is 2. The van der Waals surface area contributed by atoms with Crippen molar-refractivity contribution in [2.75, 3.05) is 12.4 Å². The molecule has 3 aromatic rings. The van der Waals surface area contributed by atoms with Gasteiger partial charge in [0, 0.05) is 17.3 Å². The minimum absolute atomic E-state index is 0.117. The molecule has 1 unspecified atom stereocenters. The number of hydrogen-bond donors (Lipinski definition) is 2. The van der Waals surface area contributed by atoms with Crippen molar-refractivity contribution in [3.8, 4) is 5.75 Å². The molecule has 0 aromatic heterocycles. The lowest BCUT2D eigenvalue weighted by molar-refractivity contribution is -0.120. The van der Waals surface area contributed by atoms with Crippen molar-refractivity contribution in [3.05, 3.63) is 117 Å². The van der Waals surface area contributed by atoms with Gasteiger partial charge in [-0.05, 0) is 47.7 Å². The molecule has 198 valence electrons. The van der Waals surface area contributed by atoms with Crippen LogP contribution in [0.15, 0.2) is 106 Å². The Morgan fingerprint density at radius 1 is 1.03 bits per heavy atom. The molecule has 5 rings (SSSR count). The van der Waals surface area contributed by atoms with Crippen molar-refractivity contribution in [3.63, 3.8) is 0 Å². The number of rotatable bonds is 8. The maximum absolute atomic E-state index is 13.8. The van der Waals surface area contributed by atoms with E-state index in [9.17, 15) is 9.59 Å². The highest BCUT2D eigenvalue weighted by atomic mass is 35.5. The Bertz CT molecular complexity index is 1490. The van der Waals surface area contributed by atoms with E-state index < -0.39 is 6.04 Å². The Labute approximate surface area is 236 Å². The Balaban J connectivity index is 1.44. The quantitative estimate of drug-likeness (QED) is 0.340. The molecule has 0 aliphatic carbocycles. The van der Waals surface area contributed by atoms with Gasteiger partial charge in [-0.1, -0.05) is 78.0 Å². The number of ether oxygens (including phenoxy) is 1. The zero-order valence-electron chi connectivity index (χ0n) is 21.5. The number of methoxy groups -OCH3 is 1. The highest BCUT2D eigenvalue weighted by molar-refractivity contribution is 8.16. The fourth-order valence-corrected chi connectivity index (χ4v) is 5.67. The number of nitrogens with zero attached hydrogens (tertiary/aromatic N) is 2. The van der Waals surface area contributed by atoms with E-state index in [1.165, 1.54) is 11.8 Å². The molecule has 2 N–H and O–H groups in total. The van der Waals surface area contributed by atoms with Crippen LogP contribution in [0.2, 0.25) is 5.02 Å². The maximum atomic E-state index is 13.8. The number of fused-ring (bicyclic) bond motifs is 1. The van der Waals surface area contributed by atoms with Gasteiger partial charge in [0.05, 0.1) is 36.5 Å². The van der Waals surface area contributed by atoms with E-state index in [1.807, 2.05) is 71.8 Å². The fourth-order valence-electron chi connectivity index (χ4n) is 4.58. The molecule has 7 nitrogen and oxygen atoms in total. The second-order valence-corrected chi connectivity index (χ2v) is 10.3. The topological polar surface area (TPSA) is 83.0 Å². The normalized spacial score (nSPS) is 16.3. The SMILES string of the molecule is COc1ccccc1NC(=O)C1=C(C)N=C2SC=C(CC(=O)NCc3ccccc3)N2C1c1ccc(Cl)cc1. The van der Waals surface area contributed by atoms with Gasteiger partial charge in [0.25, 0.3) is 5.91 Å². The van der Waals surface area contributed by atoms with Gasteiger partial charge < -0.3 is 20.3 Å². The zero-order valence-corrected chi connectivity index (χ0v) is 23.1. The van der Waals surface area contributed by atoms with Gasteiger partial charge in [-0.3, -0.25) is 9.59 Å². The smallest absolute Gasteiger partial charge is 0.256 e. The number of thioether (sulfide) groups is 1. The molecule has 9 heteroatoms. The van der Waals surface area contributed by atoms with Crippen LogP contribution >= 0.6 is 23.4 Å². The fraction of sp³-hybridized carbons (Fsp3) is 0.167. The third-order valence-electron chi connectivity index (χ3n) is 6.46. The van der Waals surface area contributed by atoms with Gasteiger partial charge in [0.2, 0.25) is 5.91 Å². The molecule has 2 aliphatic heterocycles. The molecule has 2 aliphatic rings. The number of nitrogens with one attached hydrogen (secondary N) is 2. The first-order valence-electron chi connectivity index (χ1n) is 12.4. The molecule has 2 amide bonds. The molecule has 0 bridgehead atoms. The average molecular weight is 559 g/mol. The van der Waals surface area contributed by atoms with Crippen LogP contribution in [-0.4, -0.2) is 29.0 Å². The summed E-state index contributed by atoms with van der Waals surface area (Å²) in [5.74, 6) is 0.136. The summed E-state index contributed by atoms with van der Waals surface area (Å²) in [5.41, 5.74) is 4.28. The van der Waals surface area contributed by atoms with Gasteiger partial charge in [-0.15, -0.1) is 0 Å². The van der Waals surface area contributed by atoms with Gasteiger partial charge in [0.15, 0.2) is 5.17 Å². The predicted molar refractivity (Wildman–Crippen MR) is 156 cm³/mol. The van der Waals surface area contributed by atoms with Gasteiger partial charge in [0.1, 0.15) is 5.75 Å². The van der Waals surface area contributed by atoms with Crippen LogP contribution in [0.25, 0.3) is 0 Å². The van der Waals surface area contributed by atoms with E-state index in [-0.39, 0.29) is 18.2 Å². The minimum atomic E-state index is -0.507. The summed E-state index contributed by atoms with van der Waals surface area (Å²) in [4.78, 5) is 33.5. The van der Waals surface area contributed by atoms with Crippen LogP contribution in [0.5, 0.6) is 5.75 Å². The second kappa shape index (κ2) is 11.8. The van der Waals surface area contributed by atoms with Crippen LogP contribution in [0.1, 0.15) is 30.5 Å². The molecule has 0 fully saturated rings. The second-order valence-electron chi connectivity index (χ2n) is 9.04. The van der Waals surface area contributed by atoms with E-state index in [0.29, 0.717) is 39.4 Å². The third kappa shape index (κ3) is 5.87.